The van der Waals surface area contributed by atoms with Gasteiger partial charge in [-0.05, 0) is 20.0 Å². The lowest BCUT2D eigenvalue weighted by Gasteiger charge is -2.27. The first-order chi connectivity index (χ1) is 7.63. The first-order valence-corrected chi connectivity index (χ1v) is 5.27. The van der Waals surface area contributed by atoms with E-state index in [0.717, 1.165) is 0 Å². The lowest BCUT2D eigenvalue weighted by molar-refractivity contribution is -0.160. The van der Waals surface area contributed by atoms with Crippen molar-refractivity contribution in [3.63, 3.8) is 0 Å². The minimum atomic E-state index is -4.49. The number of likely N-dealkylation sites (N-methyl/N-ethyl adjacent to an activating group) is 1. The Hall–Kier alpha value is -0.980. The van der Waals surface area contributed by atoms with Gasteiger partial charge in [-0.1, -0.05) is 13.8 Å². The summed E-state index contributed by atoms with van der Waals surface area (Å²) in [5.41, 5.74) is 0. The van der Waals surface area contributed by atoms with Crippen LogP contribution in [0.2, 0.25) is 0 Å². The lowest BCUT2D eigenvalue weighted by Crippen LogP contribution is -2.43. The number of hydrogen-bond acceptors (Lipinski definition) is 3. The SMILES string of the molecule is CC(C)C(CNC(=O)OCC(F)(F)F)N(C)C. The molecule has 0 aliphatic heterocycles. The first-order valence-electron chi connectivity index (χ1n) is 5.27. The third kappa shape index (κ3) is 7.84. The Labute approximate surface area is 99.1 Å². The first kappa shape index (κ1) is 16.0. The molecule has 4 nitrogen and oxygen atoms in total. The van der Waals surface area contributed by atoms with Gasteiger partial charge in [0, 0.05) is 12.6 Å². The Morgan fingerprint density at radius 3 is 2.24 bits per heavy atom. The summed E-state index contributed by atoms with van der Waals surface area (Å²) in [4.78, 5) is 12.9. The number of halogens is 3. The molecule has 7 heteroatoms. The van der Waals surface area contributed by atoms with Crippen LogP contribution in [0.1, 0.15) is 13.8 Å². The van der Waals surface area contributed by atoms with Crippen molar-refractivity contribution < 1.29 is 22.7 Å². The van der Waals surface area contributed by atoms with Crippen LogP contribution in [0.15, 0.2) is 0 Å². The number of nitrogens with one attached hydrogen (secondary N) is 1. The maximum atomic E-state index is 11.8. The molecule has 1 N–H and O–H groups in total. The summed E-state index contributed by atoms with van der Waals surface area (Å²) in [6.45, 7) is 2.62. The highest BCUT2D eigenvalue weighted by molar-refractivity contribution is 5.67. The zero-order valence-electron chi connectivity index (χ0n) is 10.5. The fraction of sp³-hybridized carbons (Fsp3) is 0.900. The second-order valence-electron chi connectivity index (χ2n) is 4.35. The molecule has 0 saturated heterocycles. The van der Waals surface area contributed by atoms with Gasteiger partial charge >= 0.3 is 12.3 Å². The van der Waals surface area contributed by atoms with Crippen molar-refractivity contribution in [2.45, 2.75) is 26.1 Å². The van der Waals surface area contributed by atoms with Crippen LogP contribution in [0.3, 0.4) is 0 Å². The van der Waals surface area contributed by atoms with E-state index < -0.39 is 18.9 Å². The van der Waals surface area contributed by atoms with E-state index in [1.54, 1.807) is 0 Å². The molecule has 102 valence electrons. The number of alkyl halides is 3. The molecule has 0 radical (unpaired) electrons. The van der Waals surface area contributed by atoms with Crippen LogP contribution < -0.4 is 5.32 Å². The van der Waals surface area contributed by atoms with Gasteiger partial charge in [0.25, 0.3) is 0 Å². The monoisotopic (exact) mass is 256 g/mol. The van der Waals surface area contributed by atoms with Crippen LogP contribution in [-0.2, 0) is 4.74 Å². The largest absolute Gasteiger partial charge is 0.440 e. The van der Waals surface area contributed by atoms with Gasteiger partial charge in [0.2, 0.25) is 0 Å². The van der Waals surface area contributed by atoms with Gasteiger partial charge in [-0.15, -0.1) is 0 Å². The van der Waals surface area contributed by atoms with Crippen LogP contribution in [-0.4, -0.2) is 50.5 Å². The zero-order chi connectivity index (χ0) is 13.6. The minimum Gasteiger partial charge on any atom is -0.440 e. The Balaban J connectivity index is 3.97. The average Bonchev–Trinajstić information content (AvgIpc) is 2.12. The summed E-state index contributed by atoms with van der Waals surface area (Å²) in [5.74, 6) is 0.271. The summed E-state index contributed by atoms with van der Waals surface area (Å²) in [5, 5.41) is 2.32. The van der Waals surface area contributed by atoms with E-state index in [1.807, 2.05) is 32.8 Å². The summed E-state index contributed by atoms with van der Waals surface area (Å²) in [7, 11) is 3.68. The molecule has 0 aliphatic carbocycles. The van der Waals surface area contributed by atoms with E-state index in [4.69, 9.17) is 0 Å². The normalized spacial score (nSPS) is 13.9. The van der Waals surface area contributed by atoms with Crippen molar-refractivity contribution in [2.24, 2.45) is 5.92 Å². The Kier molecular flexibility index (Phi) is 6.30. The Morgan fingerprint density at radius 2 is 1.88 bits per heavy atom. The van der Waals surface area contributed by atoms with E-state index in [9.17, 15) is 18.0 Å². The van der Waals surface area contributed by atoms with Gasteiger partial charge in [0.1, 0.15) is 0 Å². The minimum absolute atomic E-state index is 0.0495. The van der Waals surface area contributed by atoms with Crippen LogP contribution in [0.4, 0.5) is 18.0 Å². The van der Waals surface area contributed by atoms with Gasteiger partial charge < -0.3 is 15.0 Å². The number of amides is 1. The molecule has 0 aromatic carbocycles. The van der Waals surface area contributed by atoms with Gasteiger partial charge in [0.15, 0.2) is 6.61 Å². The number of ether oxygens (including phenoxy) is 1. The topological polar surface area (TPSA) is 41.6 Å². The molecule has 0 saturated carbocycles. The van der Waals surface area contributed by atoms with E-state index in [2.05, 4.69) is 10.1 Å². The second-order valence-corrected chi connectivity index (χ2v) is 4.35. The van der Waals surface area contributed by atoms with Gasteiger partial charge in [0.05, 0.1) is 0 Å². The van der Waals surface area contributed by atoms with Gasteiger partial charge in [-0.3, -0.25) is 0 Å². The highest BCUT2D eigenvalue weighted by Gasteiger charge is 2.29. The predicted octanol–water partition coefficient (Wildman–Crippen LogP) is 1.86. The molecule has 1 amide bonds. The third-order valence-electron chi connectivity index (χ3n) is 2.26. The molecular weight excluding hydrogens is 237 g/mol. The number of rotatable bonds is 5. The summed E-state index contributed by atoms with van der Waals surface area (Å²) >= 11 is 0. The maximum Gasteiger partial charge on any atom is 0.422 e. The van der Waals surface area contributed by atoms with Crippen molar-refractivity contribution >= 4 is 6.09 Å². The summed E-state index contributed by atoms with van der Waals surface area (Å²) in [6.07, 6.45) is -5.54. The van der Waals surface area contributed by atoms with Gasteiger partial charge in [-0.2, -0.15) is 13.2 Å². The summed E-state index contributed by atoms with van der Waals surface area (Å²) in [6, 6.07) is 0.0495. The molecule has 0 spiro atoms. The van der Waals surface area contributed by atoms with Crippen LogP contribution >= 0.6 is 0 Å². The molecule has 1 unspecified atom stereocenters. The number of nitrogens with zero attached hydrogens (tertiary/aromatic N) is 1. The molecule has 17 heavy (non-hydrogen) atoms. The average molecular weight is 256 g/mol. The number of carbonyl (C=O) groups excluding carboxylic acids is 1. The van der Waals surface area contributed by atoms with Gasteiger partial charge in [-0.25, -0.2) is 4.79 Å². The number of carbonyl (C=O) groups is 1. The van der Waals surface area contributed by atoms with E-state index in [-0.39, 0.29) is 18.5 Å². The highest BCUT2D eigenvalue weighted by atomic mass is 19.4. The molecular formula is C10H19F3N2O2. The molecule has 1 atom stereocenters. The summed E-state index contributed by atoms with van der Waals surface area (Å²) < 4.78 is 39.3. The van der Waals surface area contributed by atoms with E-state index in [1.165, 1.54) is 0 Å². The number of hydrogen-bond donors (Lipinski definition) is 1. The molecule has 0 aromatic rings. The third-order valence-corrected chi connectivity index (χ3v) is 2.26. The molecule has 0 aromatic heterocycles. The van der Waals surface area contributed by atoms with Crippen molar-refractivity contribution in [3.8, 4) is 0 Å². The molecule has 0 bridgehead atoms. The standard InChI is InChI=1S/C10H19F3N2O2/c1-7(2)8(15(3)4)5-14-9(16)17-6-10(11,12)13/h7-8H,5-6H2,1-4H3,(H,14,16). The highest BCUT2D eigenvalue weighted by Crippen LogP contribution is 2.14. The van der Waals surface area contributed by atoms with Crippen LogP contribution in [0.5, 0.6) is 0 Å². The second kappa shape index (κ2) is 6.68. The van der Waals surface area contributed by atoms with Crippen molar-refractivity contribution in [1.29, 1.82) is 0 Å². The van der Waals surface area contributed by atoms with E-state index >= 15 is 0 Å². The van der Waals surface area contributed by atoms with Crippen LogP contribution in [0.25, 0.3) is 0 Å². The quantitative estimate of drug-likeness (QED) is 0.816. The Bertz CT molecular complexity index is 234. The smallest absolute Gasteiger partial charge is 0.422 e. The van der Waals surface area contributed by atoms with E-state index in [0.29, 0.717) is 0 Å². The zero-order valence-corrected chi connectivity index (χ0v) is 10.5. The van der Waals surface area contributed by atoms with Crippen molar-refractivity contribution in [3.05, 3.63) is 0 Å². The van der Waals surface area contributed by atoms with Crippen molar-refractivity contribution in [2.75, 3.05) is 27.2 Å². The molecule has 0 heterocycles. The lowest BCUT2D eigenvalue weighted by atomic mass is 10.0. The fourth-order valence-corrected chi connectivity index (χ4v) is 1.40. The molecule has 0 fully saturated rings. The number of alkyl carbamates (subject to hydrolysis) is 1. The molecule has 0 aliphatic rings. The van der Waals surface area contributed by atoms with Crippen molar-refractivity contribution in [1.82, 2.24) is 10.2 Å². The fourth-order valence-electron chi connectivity index (χ4n) is 1.40. The Morgan fingerprint density at radius 1 is 1.35 bits per heavy atom. The predicted molar refractivity (Wildman–Crippen MR) is 57.7 cm³/mol. The molecule has 0 rings (SSSR count). The maximum absolute atomic E-state index is 11.8. The van der Waals surface area contributed by atoms with Crippen LogP contribution in [0, 0.1) is 5.92 Å².